The average molecular weight is 329 g/mol. The number of aromatic nitrogens is 2. The zero-order valence-electron chi connectivity index (χ0n) is 12.6. The van der Waals surface area contributed by atoms with E-state index in [9.17, 15) is 14.0 Å². The summed E-state index contributed by atoms with van der Waals surface area (Å²) >= 11 is 0. The minimum Gasteiger partial charge on any atom is -0.394 e. The summed E-state index contributed by atoms with van der Waals surface area (Å²) in [5, 5.41) is 9.06. The molecule has 3 heterocycles. The zero-order valence-corrected chi connectivity index (χ0v) is 12.6. The number of rotatable bonds is 4. The molecule has 23 heavy (non-hydrogen) atoms. The molecule has 0 amide bonds. The third kappa shape index (κ3) is 3.52. The highest BCUT2D eigenvalue weighted by Gasteiger charge is 2.36. The number of nitrogens with zero attached hydrogens (tertiary/aromatic N) is 2. The largest absolute Gasteiger partial charge is 0.394 e. The maximum atomic E-state index is 13.7. The van der Waals surface area contributed by atoms with Crippen molar-refractivity contribution in [3.63, 3.8) is 0 Å². The minimum atomic E-state index is -1.34. The van der Waals surface area contributed by atoms with E-state index >= 15 is 0 Å². The molecular weight excluding hydrogens is 309 g/mol. The molecule has 9 heteroatoms. The lowest BCUT2D eigenvalue weighted by molar-refractivity contribution is -0.0358. The minimum absolute atomic E-state index is 0.0336. The summed E-state index contributed by atoms with van der Waals surface area (Å²) in [6.07, 6.45) is -1.72. The number of aliphatic hydroxyl groups is 1. The standard InChI is InChI=1S/C14H20FN3O5/c15-10-5-12(23-11(10)8-19)18-7-9(13(20)16-14(18)21)6-17-1-3-22-4-2-17/h7,10-12,19H,1-6,8H2,(H,16,20,21)/t10-,11+,12+/m0/s1. The van der Waals surface area contributed by atoms with Gasteiger partial charge in [0.05, 0.1) is 19.8 Å². The average Bonchev–Trinajstić information content (AvgIpc) is 2.91. The van der Waals surface area contributed by atoms with Crippen LogP contribution in [0.1, 0.15) is 18.2 Å². The third-order valence-corrected chi connectivity index (χ3v) is 4.19. The van der Waals surface area contributed by atoms with Crippen LogP contribution in [0.5, 0.6) is 0 Å². The first kappa shape index (κ1) is 16.3. The first-order valence-corrected chi connectivity index (χ1v) is 7.63. The van der Waals surface area contributed by atoms with Crippen molar-refractivity contribution in [3.05, 3.63) is 32.6 Å². The van der Waals surface area contributed by atoms with Crippen LogP contribution >= 0.6 is 0 Å². The van der Waals surface area contributed by atoms with Crippen LogP contribution in [-0.4, -0.2) is 64.7 Å². The highest BCUT2D eigenvalue weighted by Crippen LogP contribution is 2.29. The Kier molecular flexibility index (Phi) is 4.90. The number of halogens is 1. The molecule has 0 unspecified atom stereocenters. The Hall–Kier alpha value is -1.55. The molecular formula is C14H20FN3O5. The number of alkyl halides is 1. The molecule has 128 valence electrons. The Bertz CT molecular complexity index is 655. The predicted octanol–water partition coefficient (Wildman–Crippen LogP) is -1.01. The fraction of sp³-hybridized carbons (Fsp3) is 0.714. The van der Waals surface area contributed by atoms with Gasteiger partial charge in [0.1, 0.15) is 18.5 Å². The van der Waals surface area contributed by atoms with E-state index in [-0.39, 0.29) is 6.42 Å². The Balaban J connectivity index is 1.82. The fourth-order valence-corrected chi connectivity index (χ4v) is 2.88. The zero-order chi connectivity index (χ0) is 16.4. The molecule has 3 rings (SSSR count). The van der Waals surface area contributed by atoms with Crippen molar-refractivity contribution in [1.29, 1.82) is 0 Å². The van der Waals surface area contributed by atoms with Gasteiger partial charge in [0, 0.05) is 37.8 Å². The number of nitrogens with one attached hydrogen (secondary N) is 1. The second-order valence-corrected chi connectivity index (χ2v) is 5.77. The Morgan fingerprint density at radius 3 is 2.74 bits per heavy atom. The number of morpholine rings is 1. The normalized spacial score (nSPS) is 29.0. The highest BCUT2D eigenvalue weighted by atomic mass is 19.1. The molecule has 0 aromatic carbocycles. The lowest BCUT2D eigenvalue weighted by Gasteiger charge is -2.26. The van der Waals surface area contributed by atoms with Crippen molar-refractivity contribution in [2.75, 3.05) is 32.9 Å². The Morgan fingerprint density at radius 1 is 1.35 bits per heavy atom. The van der Waals surface area contributed by atoms with Gasteiger partial charge in [-0.05, 0) is 0 Å². The van der Waals surface area contributed by atoms with Crippen molar-refractivity contribution < 1.29 is 19.0 Å². The summed E-state index contributed by atoms with van der Waals surface area (Å²) < 4.78 is 25.5. The van der Waals surface area contributed by atoms with Gasteiger partial charge in [-0.2, -0.15) is 0 Å². The van der Waals surface area contributed by atoms with Crippen LogP contribution in [0.4, 0.5) is 4.39 Å². The van der Waals surface area contributed by atoms with Gasteiger partial charge in [0.25, 0.3) is 5.56 Å². The number of aromatic amines is 1. The molecule has 3 atom stereocenters. The van der Waals surface area contributed by atoms with Gasteiger partial charge in [-0.15, -0.1) is 0 Å². The first-order valence-electron chi connectivity index (χ1n) is 7.63. The van der Waals surface area contributed by atoms with Gasteiger partial charge >= 0.3 is 5.69 Å². The molecule has 0 spiro atoms. The quantitative estimate of drug-likeness (QED) is 0.734. The number of H-pyrrole nitrogens is 1. The Morgan fingerprint density at radius 2 is 2.09 bits per heavy atom. The molecule has 2 N–H and O–H groups in total. The molecule has 0 bridgehead atoms. The molecule has 8 nitrogen and oxygen atoms in total. The number of aliphatic hydroxyl groups excluding tert-OH is 1. The monoisotopic (exact) mass is 329 g/mol. The number of hydrogen-bond acceptors (Lipinski definition) is 6. The molecule has 2 saturated heterocycles. The summed E-state index contributed by atoms with van der Waals surface area (Å²) in [6, 6.07) is 0. The smallest absolute Gasteiger partial charge is 0.330 e. The first-order chi connectivity index (χ1) is 11.1. The molecule has 2 aliphatic heterocycles. The van der Waals surface area contributed by atoms with Crippen LogP contribution in [0, 0.1) is 0 Å². The molecule has 1 aromatic rings. The molecule has 2 fully saturated rings. The van der Waals surface area contributed by atoms with Gasteiger partial charge in [-0.1, -0.05) is 0 Å². The Labute approximate surface area is 131 Å². The summed E-state index contributed by atoms with van der Waals surface area (Å²) in [7, 11) is 0. The van der Waals surface area contributed by atoms with E-state index in [0.717, 1.165) is 0 Å². The van der Waals surface area contributed by atoms with Crippen LogP contribution in [0.2, 0.25) is 0 Å². The van der Waals surface area contributed by atoms with E-state index in [1.54, 1.807) is 0 Å². The molecule has 0 radical (unpaired) electrons. The second kappa shape index (κ2) is 6.91. The summed E-state index contributed by atoms with van der Waals surface area (Å²) in [5.74, 6) is 0. The van der Waals surface area contributed by atoms with Crippen molar-refractivity contribution in [2.24, 2.45) is 0 Å². The molecule has 2 aliphatic rings. The predicted molar refractivity (Wildman–Crippen MR) is 77.9 cm³/mol. The second-order valence-electron chi connectivity index (χ2n) is 5.77. The van der Waals surface area contributed by atoms with Crippen LogP contribution in [-0.2, 0) is 16.0 Å². The van der Waals surface area contributed by atoms with Gasteiger partial charge in [0.2, 0.25) is 0 Å². The lowest BCUT2D eigenvalue weighted by atomic mass is 10.2. The van der Waals surface area contributed by atoms with Gasteiger partial charge in [-0.25, -0.2) is 9.18 Å². The summed E-state index contributed by atoms with van der Waals surface area (Å²) in [4.78, 5) is 28.3. The van der Waals surface area contributed by atoms with Crippen LogP contribution in [0.3, 0.4) is 0 Å². The highest BCUT2D eigenvalue weighted by molar-refractivity contribution is 5.05. The van der Waals surface area contributed by atoms with E-state index in [1.807, 2.05) is 4.90 Å². The molecule has 0 aliphatic carbocycles. The lowest BCUT2D eigenvalue weighted by Crippen LogP contribution is -2.40. The third-order valence-electron chi connectivity index (χ3n) is 4.19. The van der Waals surface area contributed by atoms with Gasteiger partial charge in [0.15, 0.2) is 0 Å². The number of ether oxygens (including phenoxy) is 2. The maximum absolute atomic E-state index is 13.7. The van der Waals surface area contributed by atoms with Gasteiger partial charge < -0.3 is 14.6 Å². The van der Waals surface area contributed by atoms with E-state index < -0.39 is 36.4 Å². The van der Waals surface area contributed by atoms with E-state index in [4.69, 9.17) is 14.6 Å². The van der Waals surface area contributed by atoms with E-state index in [0.29, 0.717) is 38.4 Å². The summed E-state index contributed by atoms with van der Waals surface area (Å²) in [5.41, 5.74) is -0.680. The van der Waals surface area contributed by atoms with Crippen molar-refractivity contribution in [1.82, 2.24) is 14.5 Å². The van der Waals surface area contributed by atoms with E-state index in [1.165, 1.54) is 10.8 Å². The van der Waals surface area contributed by atoms with Crippen LogP contribution in [0.25, 0.3) is 0 Å². The van der Waals surface area contributed by atoms with E-state index in [2.05, 4.69) is 4.98 Å². The fourth-order valence-electron chi connectivity index (χ4n) is 2.88. The SMILES string of the molecule is O=c1[nH]c(=O)n([C@H]2C[C@H](F)[C@@H](CO)O2)cc1CN1CCOCC1. The topological polar surface area (TPSA) is 96.8 Å². The molecule has 1 aromatic heterocycles. The van der Waals surface area contributed by atoms with Crippen molar-refractivity contribution in [2.45, 2.75) is 31.5 Å². The maximum Gasteiger partial charge on any atom is 0.330 e. The van der Waals surface area contributed by atoms with Crippen molar-refractivity contribution in [3.8, 4) is 0 Å². The molecule has 0 saturated carbocycles. The van der Waals surface area contributed by atoms with Gasteiger partial charge in [-0.3, -0.25) is 19.2 Å². The number of hydrogen-bond donors (Lipinski definition) is 2. The van der Waals surface area contributed by atoms with Crippen LogP contribution in [0.15, 0.2) is 15.8 Å². The van der Waals surface area contributed by atoms with Crippen molar-refractivity contribution >= 4 is 0 Å². The van der Waals surface area contributed by atoms with Crippen LogP contribution < -0.4 is 11.2 Å². The summed E-state index contributed by atoms with van der Waals surface area (Å²) in [6.45, 7) is 2.55.